The summed E-state index contributed by atoms with van der Waals surface area (Å²) in [5.74, 6) is -0.297. The quantitative estimate of drug-likeness (QED) is 0.769. The maximum absolute atomic E-state index is 11.4. The number of aliphatic carboxylic acids is 1. The first kappa shape index (κ1) is 14.4. The second-order valence-electron chi connectivity index (χ2n) is 4.70. The van der Waals surface area contributed by atoms with Crippen molar-refractivity contribution in [1.82, 2.24) is 14.7 Å². The molecule has 2 amide bonds. The fourth-order valence-electron chi connectivity index (χ4n) is 1.00. The Balaban J connectivity index is 2.45. The number of nitrogens with zero attached hydrogens (tertiary/aromatic N) is 2. The van der Waals surface area contributed by atoms with E-state index < -0.39 is 12.0 Å². The van der Waals surface area contributed by atoms with Crippen LogP contribution in [0.1, 0.15) is 33.0 Å². The molecule has 0 fully saturated rings. The van der Waals surface area contributed by atoms with Gasteiger partial charge in [0.25, 0.3) is 0 Å². The van der Waals surface area contributed by atoms with Crippen molar-refractivity contribution in [2.24, 2.45) is 0 Å². The summed E-state index contributed by atoms with van der Waals surface area (Å²) in [6.07, 6.45) is -0.114. The highest BCUT2D eigenvalue weighted by Gasteiger charge is 2.20. The molecule has 0 atom stereocenters. The van der Waals surface area contributed by atoms with Crippen molar-refractivity contribution in [3.05, 3.63) is 5.82 Å². The van der Waals surface area contributed by atoms with Gasteiger partial charge in [-0.2, -0.15) is 4.37 Å². The molecule has 0 aliphatic carbocycles. The lowest BCUT2D eigenvalue weighted by atomic mass is 9.96. The summed E-state index contributed by atoms with van der Waals surface area (Å²) < 4.78 is 4.14. The molecule has 0 saturated carbocycles. The van der Waals surface area contributed by atoms with E-state index in [1.165, 1.54) is 0 Å². The van der Waals surface area contributed by atoms with Crippen molar-refractivity contribution in [1.29, 1.82) is 0 Å². The molecule has 0 radical (unpaired) electrons. The van der Waals surface area contributed by atoms with E-state index in [4.69, 9.17) is 5.11 Å². The normalized spacial score (nSPS) is 11.1. The first-order valence-corrected chi connectivity index (χ1v) is 6.17. The van der Waals surface area contributed by atoms with Gasteiger partial charge in [0, 0.05) is 23.5 Å². The van der Waals surface area contributed by atoms with Crippen LogP contribution in [0.15, 0.2) is 0 Å². The summed E-state index contributed by atoms with van der Waals surface area (Å²) in [6.45, 7) is 6.01. The SMILES string of the molecule is CC(C)(C)c1nsc(NC(=O)NCCC(=O)O)n1. The lowest BCUT2D eigenvalue weighted by Crippen LogP contribution is -2.30. The number of hydrogen-bond acceptors (Lipinski definition) is 5. The zero-order valence-electron chi connectivity index (χ0n) is 10.5. The van der Waals surface area contributed by atoms with Crippen molar-refractivity contribution in [3.63, 3.8) is 0 Å². The largest absolute Gasteiger partial charge is 0.481 e. The predicted octanol–water partition coefficient (Wildman–Crippen LogP) is 1.43. The highest BCUT2D eigenvalue weighted by molar-refractivity contribution is 7.09. The van der Waals surface area contributed by atoms with E-state index in [9.17, 15) is 9.59 Å². The van der Waals surface area contributed by atoms with Gasteiger partial charge in [0.2, 0.25) is 5.13 Å². The summed E-state index contributed by atoms with van der Waals surface area (Å²) in [6, 6.07) is -0.479. The van der Waals surface area contributed by atoms with Crippen LogP contribution in [0.2, 0.25) is 0 Å². The lowest BCUT2D eigenvalue weighted by Gasteiger charge is -2.12. The maximum Gasteiger partial charge on any atom is 0.321 e. The third-order valence-corrected chi connectivity index (χ3v) is 2.57. The average molecular weight is 272 g/mol. The first-order valence-electron chi connectivity index (χ1n) is 5.40. The van der Waals surface area contributed by atoms with Gasteiger partial charge in [-0.3, -0.25) is 10.1 Å². The molecular formula is C10H16N4O3S. The van der Waals surface area contributed by atoms with Crippen molar-refractivity contribution >= 4 is 28.7 Å². The Morgan fingerprint density at radius 1 is 1.39 bits per heavy atom. The second-order valence-corrected chi connectivity index (χ2v) is 5.45. The third kappa shape index (κ3) is 4.66. The highest BCUT2D eigenvalue weighted by atomic mass is 32.1. The van der Waals surface area contributed by atoms with Crippen LogP contribution < -0.4 is 10.6 Å². The van der Waals surface area contributed by atoms with E-state index in [0.717, 1.165) is 11.5 Å². The second kappa shape index (κ2) is 5.76. The first-order chi connectivity index (χ1) is 8.29. The van der Waals surface area contributed by atoms with Crippen LogP contribution in [-0.2, 0) is 10.2 Å². The van der Waals surface area contributed by atoms with Crippen molar-refractivity contribution < 1.29 is 14.7 Å². The number of urea groups is 1. The summed E-state index contributed by atoms with van der Waals surface area (Å²) in [5, 5.41) is 13.7. The zero-order chi connectivity index (χ0) is 13.8. The van der Waals surface area contributed by atoms with Crippen LogP contribution in [0, 0.1) is 0 Å². The van der Waals surface area contributed by atoms with E-state index >= 15 is 0 Å². The number of anilines is 1. The molecule has 8 heteroatoms. The number of carbonyl (C=O) groups excluding carboxylic acids is 1. The van der Waals surface area contributed by atoms with Gasteiger partial charge in [-0.25, -0.2) is 9.78 Å². The van der Waals surface area contributed by atoms with Crippen LogP contribution in [0.3, 0.4) is 0 Å². The number of aromatic nitrogens is 2. The van der Waals surface area contributed by atoms with E-state index in [1.807, 2.05) is 20.8 Å². The van der Waals surface area contributed by atoms with Crippen LogP contribution >= 0.6 is 11.5 Å². The number of carboxylic acid groups (broad SMARTS) is 1. The minimum atomic E-state index is -0.957. The molecular weight excluding hydrogens is 256 g/mol. The summed E-state index contributed by atoms with van der Waals surface area (Å²) in [7, 11) is 0. The molecule has 1 aromatic rings. The van der Waals surface area contributed by atoms with Gasteiger partial charge in [-0.1, -0.05) is 20.8 Å². The molecule has 0 aromatic carbocycles. The minimum Gasteiger partial charge on any atom is -0.481 e. The zero-order valence-corrected chi connectivity index (χ0v) is 11.3. The van der Waals surface area contributed by atoms with Gasteiger partial charge >= 0.3 is 12.0 Å². The molecule has 0 bridgehead atoms. The Morgan fingerprint density at radius 3 is 2.56 bits per heavy atom. The van der Waals surface area contributed by atoms with Gasteiger partial charge in [0.05, 0.1) is 6.42 Å². The Bertz CT molecular complexity index is 439. The Labute approximate surface area is 109 Å². The predicted molar refractivity (Wildman–Crippen MR) is 67.9 cm³/mol. The van der Waals surface area contributed by atoms with Gasteiger partial charge < -0.3 is 10.4 Å². The Hall–Kier alpha value is -1.70. The molecule has 1 rings (SSSR count). The van der Waals surface area contributed by atoms with Gasteiger partial charge in [0.15, 0.2) is 0 Å². The molecule has 7 nitrogen and oxygen atoms in total. The van der Waals surface area contributed by atoms with Gasteiger partial charge in [-0.15, -0.1) is 0 Å². The van der Waals surface area contributed by atoms with E-state index in [2.05, 4.69) is 20.0 Å². The monoisotopic (exact) mass is 272 g/mol. The van der Waals surface area contributed by atoms with Crippen LogP contribution in [0.4, 0.5) is 9.93 Å². The Morgan fingerprint density at radius 2 is 2.06 bits per heavy atom. The van der Waals surface area contributed by atoms with Crippen LogP contribution in [-0.4, -0.2) is 33.0 Å². The molecule has 1 aromatic heterocycles. The maximum atomic E-state index is 11.4. The number of carboxylic acids is 1. The molecule has 0 aliphatic rings. The third-order valence-electron chi connectivity index (χ3n) is 1.94. The standard InChI is InChI=1S/C10H16N4O3S/c1-10(2,3)7-12-9(18-14-7)13-8(17)11-5-4-6(15)16/h4-5H2,1-3H3,(H,15,16)(H2,11,12,13,14,17). The molecule has 0 aliphatic heterocycles. The van der Waals surface area contributed by atoms with Crippen molar-refractivity contribution in [3.8, 4) is 0 Å². The molecule has 100 valence electrons. The lowest BCUT2D eigenvalue weighted by molar-refractivity contribution is -0.136. The molecule has 1 heterocycles. The number of carbonyl (C=O) groups is 2. The van der Waals surface area contributed by atoms with Crippen molar-refractivity contribution in [2.75, 3.05) is 11.9 Å². The molecule has 0 saturated heterocycles. The average Bonchev–Trinajstić information content (AvgIpc) is 2.64. The fraction of sp³-hybridized carbons (Fsp3) is 0.600. The smallest absolute Gasteiger partial charge is 0.321 e. The van der Waals surface area contributed by atoms with E-state index in [0.29, 0.717) is 11.0 Å². The molecule has 18 heavy (non-hydrogen) atoms. The number of rotatable bonds is 4. The molecule has 3 N–H and O–H groups in total. The summed E-state index contributed by atoms with van der Waals surface area (Å²) in [4.78, 5) is 25.8. The number of nitrogens with one attached hydrogen (secondary N) is 2. The summed E-state index contributed by atoms with van der Waals surface area (Å²) in [5.41, 5.74) is -0.170. The number of hydrogen-bond donors (Lipinski definition) is 3. The van der Waals surface area contributed by atoms with E-state index in [1.54, 1.807) is 0 Å². The van der Waals surface area contributed by atoms with Crippen molar-refractivity contribution in [2.45, 2.75) is 32.6 Å². The Kier molecular flexibility index (Phi) is 4.60. The van der Waals surface area contributed by atoms with Gasteiger partial charge in [-0.05, 0) is 0 Å². The number of amides is 2. The topological polar surface area (TPSA) is 104 Å². The minimum absolute atomic E-state index is 0.0755. The highest BCUT2D eigenvalue weighted by Crippen LogP contribution is 2.22. The summed E-state index contributed by atoms with van der Waals surface area (Å²) >= 11 is 1.10. The van der Waals surface area contributed by atoms with E-state index in [-0.39, 0.29) is 18.4 Å². The van der Waals surface area contributed by atoms with Crippen LogP contribution in [0.5, 0.6) is 0 Å². The molecule has 0 unspecified atom stereocenters. The van der Waals surface area contributed by atoms with Crippen LogP contribution in [0.25, 0.3) is 0 Å². The van der Waals surface area contributed by atoms with Gasteiger partial charge in [0.1, 0.15) is 5.82 Å². The fourth-order valence-corrected chi connectivity index (χ4v) is 1.76. The molecule has 0 spiro atoms.